The monoisotopic (exact) mass is 326 g/mol. The molecular weight excluding hydrogens is 308 g/mol. The van der Waals surface area contributed by atoms with E-state index in [9.17, 15) is 9.59 Å². The molecule has 0 aromatic heterocycles. The first-order valence-electron chi connectivity index (χ1n) is 6.97. The fraction of sp³-hybridized carbons (Fsp3) is 0.400. The number of halogens is 1. The Morgan fingerprint density at radius 1 is 1.27 bits per heavy atom. The number of benzene rings is 1. The van der Waals surface area contributed by atoms with Crippen molar-refractivity contribution in [2.45, 2.75) is 26.2 Å². The maximum Gasteiger partial charge on any atom is 0.354 e. The molecule has 22 heavy (non-hydrogen) atoms. The number of rotatable bonds is 9. The van der Waals surface area contributed by atoms with Crippen LogP contribution in [0.2, 0.25) is 0 Å². The average molecular weight is 327 g/mol. The van der Waals surface area contributed by atoms with Crippen molar-refractivity contribution in [1.29, 1.82) is 0 Å². The molecule has 7 heteroatoms. The summed E-state index contributed by atoms with van der Waals surface area (Å²) in [5.74, 6) is -0.935. The van der Waals surface area contributed by atoms with Gasteiger partial charge in [-0.05, 0) is 50.5 Å². The van der Waals surface area contributed by atoms with E-state index in [0.29, 0.717) is 18.0 Å². The normalized spacial score (nSPS) is 11.1. The van der Waals surface area contributed by atoms with Crippen LogP contribution in [-0.4, -0.2) is 35.2 Å². The minimum atomic E-state index is -0.997. The number of nitrogens with one attached hydrogen (secondary N) is 1. The zero-order chi connectivity index (χ0) is 16.4. The number of unbranched alkanes of at least 4 members (excludes halogenated alkanes) is 1. The van der Waals surface area contributed by atoms with E-state index in [4.69, 9.17) is 21.4 Å². The smallest absolute Gasteiger partial charge is 0.354 e. The number of alkyl halides is 1. The zero-order valence-electron chi connectivity index (χ0n) is 12.3. The first-order valence-corrected chi connectivity index (χ1v) is 7.51. The first-order chi connectivity index (χ1) is 10.6. The molecule has 120 valence electrons. The van der Waals surface area contributed by atoms with Gasteiger partial charge < -0.3 is 9.84 Å². The fourth-order valence-electron chi connectivity index (χ4n) is 1.62. The van der Waals surface area contributed by atoms with Gasteiger partial charge in [-0.1, -0.05) is 0 Å². The molecule has 0 radical (unpaired) electrons. The van der Waals surface area contributed by atoms with E-state index < -0.39 is 11.9 Å². The molecule has 0 bridgehead atoms. The van der Waals surface area contributed by atoms with Crippen molar-refractivity contribution in [3.63, 3.8) is 0 Å². The van der Waals surface area contributed by atoms with E-state index in [1.807, 2.05) is 0 Å². The maximum atomic E-state index is 11.8. The second-order valence-corrected chi connectivity index (χ2v) is 4.80. The quantitative estimate of drug-likeness (QED) is 0.239. The van der Waals surface area contributed by atoms with Gasteiger partial charge in [0, 0.05) is 5.88 Å². The van der Waals surface area contributed by atoms with Crippen LogP contribution in [0.3, 0.4) is 0 Å². The molecule has 0 saturated carbocycles. The number of esters is 1. The highest BCUT2D eigenvalue weighted by Gasteiger charge is 2.12. The number of carbonyl (C=O) groups excluding carboxylic acids is 1. The Labute approximate surface area is 134 Å². The van der Waals surface area contributed by atoms with Crippen molar-refractivity contribution in [2.24, 2.45) is 5.10 Å². The van der Waals surface area contributed by atoms with Gasteiger partial charge in [0.1, 0.15) is 5.71 Å². The van der Waals surface area contributed by atoms with Crippen LogP contribution >= 0.6 is 11.6 Å². The molecule has 1 rings (SSSR count). The van der Waals surface area contributed by atoms with E-state index >= 15 is 0 Å². The number of carboxylic acids is 1. The lowest BCUT2D eigenvalue weighted by Gasteiger charge is -2.07. The zero-order valence-corrected chi connectivity index (χ0v) is 13.1. The molecular formula is C15H19ClN2O4. The molecule has 0 aliphatic carbocycles. The Morgan fingerprint density at radius 3 is 2.50 bits per heavy atom. The molecule has 0 spiro atoms. The molecule has 1 aromatic carbocycles. The third-order valence-electron chi connectivity index (χ3n) is 2.76. The number of anilines is 1. The molecule has 2 N–H and O–H groups in total. The van der Waals surface area contributed by atoms with E-state index in [1.54, 1.807) is 19.1 Å². The number of nitrogens with zero attached hydrogens (tertiary/aromatic N) is 1. The lowest BCUT2D eigenvalue weighted by Crippen LogP contribution is -2.19. The Kier molecular flexibility index (Phi) is 7.99. The van der Waals surface area contributed by atoms with Crippen LogP contribution in [0.1, 0.15) is 36.5 Å². The molecule has 0 atom stereocenters. The van der Waals surface area contributed by atoms with Crippen LogP contribution in [0.5, 0.6) is 0 Å². The summed E-state index contributed by atoms with van der Waals surface area (Å²) in [7, 11) is 0. The summed E-state index contributed by atoms with van der Waals surface area (Å²) in [6.45, 7) is 2.01. The van der Waals surface area contributed by atoms with E-state index in [1.165, 1.54) is 12.1 Å². The van der Waals surface area contributed by atoms with Gasteiger partial charge in [0.25, 0.3) is 0 Å². The Bertz CT molecular complexity index is 529. The standard InChI is InChI=1S/C15H19ClN2O4/c1-2-22-15(21)13(5-3-4-10-16)18-17-12-8-6-11(7-9-12)14(19)20/h6-9,17H,2-5,10H2,1H3,(H,19,20)/b18-13+. The summed E-state index contributed by atoms with van der Waals surface area (Å²) < 4.78 is 4.95. The Balaban J connectivity index is 2.73. The van der Waals surface area contributed by atoms with E-state index in [0.717, 1.165) is 12.8 Å². The number of carbonyl (C=O) groups is 2. The summed E-state index contributed by atoms with van der Waals surface area (Å²) in [5.41, 5.74) is 3.79. The molecule has 0 aliphatic rings. The molecule has 0 aliphatic heterocycles. The lowest BCUT2D eigenvalue weighted by molar-refractivity contribution is -0.135. The van der Waals surface area contributed by atoms with Crippen molar-refractivity contribution in [3.8, 4) is 0 Å². The van der Waals surface area contributed by atoms with Crippen LogP contribution in [0.15, 0.2) is 29.4 Å². The highest BCUT2D eigenvalue weighted by molar-refractivity contribution is 6.36. The number of aromatic carboxylic acids is 1. The molecule has 0 unspecified atom stereocenters. The van der Waals surface area contributed by atoms with Crippen LogP contribution < -0.4 is 5.43 Å². The van der Waals surface area contributed by atoms with Gasteiger partial charge in [0.2, 0.25) is 0 Å². The lowest BCUT2D eigenvalue weighted by atomic mass is 10.2. The highest BCUT2D eigenvalue weighted by Crippen LogP contribution is 2.10. The van der Waals surface area contributed by atoms with Crippen molar-refractivity contribution in [2.75, 3.05) is 17.9 Å². The number of carboxylic acid groups (broad SMARTS) is 1. The van der Waals surface area contributed by atoms with E-state index in [-0.39, 0.29) is 17.9 Å². The van der Waals surface area contributed by atoms with Gasteiger partial charge >= 0.3 is 11.9 Å². The van der Waals surface area contributed by atoms with Gasteiger partial charge in [0.05, 0.1) is 17.9 Å². The van der Waals surface area contributed by atoms with Crippen LogP contribution in [0.4, 0.5) is 5.69 Å². The van der Waals surface area contributed by atoms with Crippen molar-refractivity contribution >= 4 is 34.9 Å². The number of hydrogen-bond acceptors (Lipinski definition) is 5. The number of hydrazone groups is 1. The summed E-state index contributed by atoms with van der Waals surface area (Å²) >= 11 is 5.62. The molecule has 0 heterocycles. The van der Waals surface area contributed by atoms with Crippen LogP contribution in [0.25, 0.3) is 0 Å². The Hall–Kier alpha value is -2.08. The third-order valence-corrected chi connectivity index (χ3v) is 3.03. The minimum Gasteiger partial charge on any atom is -0.478 e. The fourth-order valence-corrected chi connectivity index (χ4v) is 1.81. The molecule has 0 saturated heterocycles. The van der Waals surface area contributed by atoms with Gasteiger partial charge in [0.15, 0.2) is 0 Å². The van der Waals surface area contributed by atoms with Crippen LogP contribution in [-0.2, 0) is 9.53 Å². The predicted molar refractivity (Wildman–Crippen MR) is 85.7 cm³/mol. The van der Waals surface area contributed by atoms with Gasteiger partial charge in [-0.3, -0.25) is 5.43 Å². The summed E-state index contributed by atoms with van der Waals surface area (Å²) in [4.78, 5) is 22.6. The molecule has 0 fully saturated rings. The molecule has 1 aromatic rings. The predicted octanol–water partition coefficient (Wildman–Crippen LogP) is 3.12. The Morgan fingerprint density at radius 2 is 1.95 bits per heavy atom. The first kappa shape index (κ1) is 18.0. The summed E-state index contributed by atoms with van der Waals surface area (Å²) in [6.07, 6.45) is 1.99. The largest absolute Gasteiger partial charge is 0.478 e. The average Bonchev–Trinajstić information content (AvgIpc) is 2.51. The third kappa shape index (κ3) is 6.13. The van der Waals surface area contributed by atoms with Gasteiger partial charge in [-0.25, -0.2) is 9.59 Å². The maximum absolute atomic E-state index is 11.8. The summed E-state index contributed by atoms with van der Waals surface area (Å²) in [6, 6.07) is 6.07. The van der Waals surface area contributed by atoms with Gasteiger partial charge in [-0.2, -0.15) is 5.10 Å². The summed E-state index contributed by atoms with van der Waals surface area (Å²) in [5, 5.41) is 12.9. The van der Waals surface area contributed by atoms with Crippen molar-refractivity contribution < 1.29 is 19.4 Å². The van der Waals surface area contributed by atoms with Crippen LogP contribution in [0, 0.1) is 0 Å². The second kappa shape index (κ2) is 9.78. The van der Waals surface area contributed by atoms with Crippen molar-refractivity contribution in [1.82, 2.24) is 0 Å². The van der Waals surface area contributed by atoms with Gasteiger partial charge in [-0.15, -0.1) is 11.6 Å². The second-order valence-electron chi connectivity index (χ2n) is 4.42. The topological polar surface area (TPSA) is 88.0 Å². The molecule has 0 amide bonds. The highest BCUT2D eigenvalue weighted by atomic mass is 35.5. The van der Waals surface area contributed by atoms with E-state index in [2.05, 4.69) is 10.5 Å². The van der Waals surface area contributed by atoms with Crippen molar-refractivity contribution in [3.05, 3.63) is 29.8 Å². The SMILES string of the molecule is CCOC(=O)/C(CCCCCl)=N/Nc1ccc(C(=O)O)cc1. The number of ether oxygens (including phenoxy) is 1. The number of hydrogen-bond donors (Lipinski definition) is 2. The minimum absolute atomic E-state index is 0.183. The molecule has 6 nitrogen and oxygen atoms in total.